The summed E-state index contributed by atoms with van der Waals surface area (Å²) in [6.07, 6.45) is 1.94. The van der Waals surface area contributed by atoms with Crippen LogP contribution in [0.2, 0.25) is 5.02 Å². The van der Waals surface area contributed by atoms with Crippen molar-refractivity contribution in [3.8, 4) is 5.82 Å². The summed E-state index contributed by atoms with van der Waals surface area (Å²) in [5.74, 6) is 1.47. The molecule has 0 fully saturated rings. The maximum atomic E-state index is 6.15. The third-order valence-corrected chi connectivity index (χ3v) is 3.65. The maximum Gasteiger partial charge on any atom is 0.191 e. The number of rotatable bonds is 3. The Balaban J connectivity index is 2.59. The highest BCUT2D eigenvalue weighted by atomic mass is 35.5. The van der Waals surface area contributed by atoms with Crippen LogP contribution in [0.1, 0.15) is 11.4 Å². The number of aromatic nitrogens is 4. The molecule has 0 saturated heterocycles. The van der Waals surface area contributed by atoms with Crippen molar-refractivity contribution in [1.82, 2.24) is 19.7 Å². The summed E-state index contributed by atoms with van der Waals surface area (Å²) in [6, 6.07) is 1.84. The van der Waals surface area contributed by atoms with Crippen LogP contribution in [0, 0.1) is 13.8 Å². The van der Waals surface area contributed by atoms with E-state index in [2.05, 4.69) is 20.4 Å². The maximum absolute atomic E-state index is 6.15. The molecule has 7 heteroatoms. The molecule has 0 atom stereocenters. The minimum atomic E-state index is 0.672. The number of halogens is 1. The molecule has 0 aliphatic rings. The monoisotopic (exact) mass is 283 g/mol. The predicted molar refractivity (Wildman–Crippen MR) is 75.0 cm³/mol. The van der Waals surface area contributed by atoms with Gasteiger partial charge in [-0.05, 0) is 20.1 Å². The molecule has 2 heterocycles. The van der Waals surface area contributed by atoms with E-state index in [0.29, 0.717) is 16.0 Å². The van der Waals surface area contributed by atoms with E-state index in [9.17, 15) is 0 Å². The van der Waals surface area contributed by atoms with Crippen LogP contribution in [-0.2, 0) is 0 Å². The Morgan fingerprint density at radius 2 is 2.06 bits per heavy atom. The van der Waals surface area contributed by atoms with E-state index < -0.39 is 0 Å². The largest absolute Gasteiger partial charge is 0.373 e. The summed E-state index contributed by atoms with van der Waals surface area (Å²) < 4.78 is 1.74. The normalized spacial score (nSPS) is 10.7. The first-order valence-electron chi connectivity index (χ1n) is 5.39. The average Bonchev–Trinajstić information content (AvgIpc) is 2.65. The molecule has 0 aromatic carbocycles. The highest BCUT2D eigenvalue weighted by Gasteiger charge is 2.13. The van der Waals surface area contributed by atoms with Crippen molar-refractivity contribution in [3.05, 3.63) is 22.5 Å². The van der Waals surface area contributed by atoms with Crippen molar-refractivity contribution in [2.24, 2.45) is 0 Å². The van der Waals surface area contributed by atoms with Crippen LogP contribution in [0.4, 0.5) is 5.82 Å². The van der Waals surface area contributed by atoms with Crippen LogP contribution in [0.15, 0.2) is 11.2 Å². The van der Waals surface area contributed by atoms with Gasteiger partial charge in [0.2, 0.25) is 0 Å². The molecule has 18 heavy (non-hydrogen) atoms. The predicted octanol–water partition coefficient (Wildman–Crippen LogP) is 2.70. The van der Waals surface area contributed by atoms with Crippen molar-refractivity contribution in [3.63, 3.8) is 0 Å². The van der Waals surface area contributed by atoms with Gasteiger partial charge in [0.25, 0.3) is 0 Å². The number of hydrogen-bond acceptors (Lipinski definition) is 5. The molecule has 2 rings (SSSR count). The summed E-state index contributed by atoms with van der Waals surface area (Å²) in [4.78, 5) is 8.76. The number of anilines is 1. The zero-order valence-corrected chi connectivity index (χ0v) is 12.2. The van der Waals surface area contributed by atoms with Gasteiger partial charge in [-0.15, -0.1) is 0 Å². The van der Waals surface area contributed by atoms with Crippen molar-refractivity contribution >= 4 is 29.2 Å². The van der Waals surface area contributed by atoms with E-state index in [4.69, 9.17) is 11.6 Å². The van der Waals surface area contributed by atoms with Crippen LogP contribution < -0.4 is 5.32 Å². The lowest BCUT2D eigenvalue weighted by Gasteiger charge is -2.07. The van der Waals surface area contributed by atoms with Crippen LogP contribution >= 0.6 is 23.4 Å². The topological polar surface area (TPSA) is 55.6 Å². The first-order valence-corrected chi connectivity index (χ1v) is 7.00. The summed E-state index contributed by atoms with van der Waals surface area (Å²) in [5, 5.41) is 8.77. The van der Waals surface area contributed by atoms with Gasteiger partial charge in [0, 0.05) is 13.1 Å². The Morgan fingerprint density at radius 3 is 2.56 bits per heavy atom. The van der Waals surface area contributed by atoms with Gasteiger partial charge in [0.05, 0.1) is 16.4 Å². The molecular formula is C11H14ClN5S. The van der Waals surface area contributed by atoms with Crippen molar-refractivity contribution in [2.75, 3.05) is 18.6 Å². The smallest absolute Gasteiger partial charge is 0.191 e. The standard InChI is InChI=1S/C11H14ClN5S/c1-6-10(12)7(2)17(16-6)9-5-8(13-3)14-11(15-9)18-4/h5H,1-4H3,(H,13,14,15). The fraction of sp³-hybridized carbons (Fsp3) is 0.364. The fourth-order valence-electron chi connectivity index (χ4n) is 1.59. The zero-order valence-electron chi connectivity index (χ0n) is 10.7. The summed E-state index contributed by atoms with van der Waals surface area (Å²) in [5.41, 5.74) is 1.67. The number of nitrogens with zero attached hydrogens (tertiary/aromatic N) is 4. The molecule has 0 unspecified atom stereocenters. The lowest BCUT2D eigenvalue weighted by Crippen LogP contribution is -2.06. The molecule has 5 nitrogen and oxygen atoms in total. The third-order valence-electron chi connectivity index (χ3n) is 2.55. The van der Waals surface area contributed by atoms with E-state index in [1.807, 2.05) is 33.2 Å². The molecule has 2 aromatic heterocycles. The Bertz CT molecular complexity index is 559. The van der Waals surface area contributed by atoms with Gasteiger partial charge < -0.3 is 5.32 Å². The summed E-state index contributed by atoms with van der Waals surface area (Å²) in [6.45, 7) is 3.80. The summed E-state index contributed by atoms with van der Waals surface area (Å²) >= 11 is 7.64. The van der Waals surface area contributed by atoms with E-state index in [1.165, 1.54) is 11.8 Å². The molecule has 1 N–H and O–H groups in total. The van der Waals surface area contributed by atoms with E-state index in [0.717, 1.165) is 17.2 Å². The van der Waals surface area contributed by atoms with Crippen LogP contribution in [0.3, 0.4) is 0 Å². The second kappa shape index (κ2) is 5.16. The third kappa shape index (κ3) is 2.30. The first kappa shape index (κ1) is 13.2. The molecule has 0 amide bonds. The van der Waals surface area contributed by atoms with Crippen molar-refractivity contribution in [1.29, 1.82) is 0 Å². The minimum Gasteiger partial charge on any atom is -0.373 e. The van der Waals surface area contributed by atoms with Crippen molar-refractivity contribution < 1.29 is 0 Å². The number of aryl methyl sites for hydroxylation is 1. The molecule has 0 aliphatic heterocycles. The van der Waals surface area contributed by atoms with Gasteiger partial charge in [0.1, 0.15) is 5.82 Å². The van der Waals surface area contributed by atoms with Gasteiger partial charge in [-0.1, -0.05) is 23.4 Å². The molecule has 0 aliphatic carbocycles. The number of nitrogens with one attached hydrogen (secondary N) is 1. The average molecular weight is 284 g/mol. The van der Waals surface area contributed by atoms with Crippen LogP contribution in [0.25, 0.3) is 5.82 Å². The summed E-state index contributed by atoms with van der Waals surface area (Å²) in [7, 11) is 1.82. The first-order chi connectivity index (χ1) is 8.56. The SMILES string of the molecule is CNc1cc(-n2nc(C)c(Cl)c2C)nc(SC)n1. The fourth-order valence-corrected chi connectivity index (χ4v) is 2.08. The minimum absolute atomic E-state index is 0.672. The highest BCUT2D eigenvalue weighted by Crippen LogP contribution is 2.23. The number of thioether (sulfide) groups is 1. The zero-order chi connectivity index (χ0) is 13.3. The lowest BCUT2D eigenvalue weighted by molar-refractivity contribution is 0.778. The Morgan fingerprint density at radius 1 is 1.33 bits per heavy atom. The number of hydrogen-bond donors (Lipinski definition) is 1. The van der Waals surface area contributed by atoms with Crippen LogP contribution in [-0.4, -0.2) is 33.1 Å². The molecule has 96 valence electrons. The molecule has 0 radical (unpaired) electrons. The molecule has 2 aromatic rings. The second-order valence-electron chi connectivity index (χ2n) is 3.74. The van der Waals surface area contributed by atoms with Gasteiger partial charge >= 0.3 is 0 Å². The van der Waals surface area contributed by atoms with Gasteiger partial charge in [0.15, 0.2) is 11.0 Å². The highest BCUT2D eigenvalue weighted by molar-refractivity contribution is 7.98. The molecule has 0 spiro atoms. The van der Waals surface area contributed by atoms with Gasteiger partial charge in [-0.3, -0.25) is 0 Å². The Labute approximate surface area is 115 Å². The second-order valence-corrected chi connectivity index (χ2v) is 4.90. The van der Waals surface area contributed by atoms with Gasteiger partial charge in [-0.25, -0.2) is 14.6 Å². The lowest BCUT2D eigenvalue weighted by atomic mass is 10.4. The quantitative estimate of drug-likeness (QED) is 0.693. The van der Waals surface area contributed by atoms with Crippen LogP contribution in [0.5, 0.6) is 0 Å². The van der Waals surface area contributed by atoms with Crippen molar-refractivity contribution in [2.45, 2.75) is 19.0 Å². The van der Waals surface area contributed by atoms with E-state index in [-0.39, 0.29) is 0 Å². The Hall–Kier alpha value is -1.27. The van der Waals surface area contributed by atoms with E-state index in [1.54, 1.807) is 4.68 Å². The van der Waals surface area contributed by atoms with Gasteiger partial charge in [-0.2, -0.15) is 5.10 Å². The molecular weight excluding hydrogens is 270 g/mol. The Kier molecular flexibility index (Phi) is 3.77. The molecule has 0 bridgehead atoms. The molecule has 0 saturated carbocycles. The van der Waals surface area contributed by atoms with E-state index >= 15 is 0 Å².